The lowest BCUT2D eigenvalue weighted by atomic mass is 10.0. The van der Waals surface area contributed by atoms with Gasteiger partial charge in [-0.25, -0.2) is 0 Å². The Morgan fingerprint density at radius 1 is 0.815 bits per heavy atom. The van der Waals surface area contributed by atoms with Crippen LogP contribution in [0, 0.1) is 0 Å². The summed E-state index contributed by atoms with van der Waals surface area (Å²) in [7, 11) is 8.01. The topological polar surface area (TPSA) is 90.2 Å². The van der Waals surface area contributed by atoms with E-state index in [0.29, 0.717) is 35.3 Å². The second-order valence-corrected chi connectivity index (χ2v) is 8.25. The molecule has 2 atom stereocenters. The van der Waals surface area contributed by atoms with E-state index in [2.05, 4.69) is 13.8 Å². The van der Waals surface area contributed by atoms with Gasteiger partial charge in [0.25, 0.3) is 0 Å². The maximum absolute atomic E-state index is 9.69. The molecule has 0 saturated carbocycles. The fourth-order valence-corrected chi connectivity index (χ4v) is 2.36. The maximum Gasteiger partial charge on any atom is 0.126 e. The summed E-state index contributed by atoms with van der Waals surface area (Å²) in [5, 5.41) is 37.2. The number of likely N-dealkylation sites (N-methyl/N-ethyl adjacent to an activating group) is 2. The molecular formula is C20H50N2O5+2. The Labute approximate surface area is 168 Å². The molecule has 0 rings (SSSR count). The van der Waals surface area contributed by atoms with Gasteiger partial charge in [-0.05, 0) is 13.8 Å². The van der Waals surface area contributed by atoms with Gasteiger partial charge < -0.3 is 34.1 Å². The van der Waals surface area contributed by atoms with Crippen molar-refractivity contribution in [2.45, 2.75) is 59.3 Å². The Balaban J connectivity index is -0.00000134. The number of aliphatic hydroxyl groups is 4. The molecule has 7 nitrogen and oxygen atoms in total. The highest BCUT2D eigenvalue weighted by Crippen LogP contribution is 2.21. The molecule has 0 aliphatic rings. The van der Waals surface area contributed by atoms with Crippen LogP contribution >= 0.6 is 0 Å². The molecule has 0 heterocycles. The van der Waals surface area contributed by atoms with Crippen molar-refractivity contribution in [1.29, 1.82) is 0 Å². The van der Waals surface area contributed by atoms with Crippen LogP contribution in [0.15, 0.2) is 0 Å². The minimum atomic E-state index is -0.736. The number of hydrogen-bond donors (Lipinski definition) is 4. The van der Waals surface area contributed by atoms with Gasteiger partial charge in [0, 0.05) is 0 Å². The maximum atomic E-state index is 9.69. The van der Waals surface area contributed by atoms with Gasteiger partial charge in [0.05, 0.1) is 48.0 Å². The van der Waals surface area contributed by atoms with Crippen molar-refractivity contribution >= 4 is 0 Å². The quantitative estimate of drug-likeness (QED) is 0.287. The number of hydrogen-bond acceptors (Lipinski definition) is 5. The van der Waals surface area contributed by atoms with Gasteiger partial charge in [0.15, 0.2) is 0 Å². The Bertz CT molecular complexity index is 336. The average molecular weight is 399 g/mol. The van der Waals surface area contributed by atoms with Gasteiger partial charge in [0.1, 0.15) is 44.0 Å². The van der Waals surface area contributed by atoms with Crippen molar-refractivity contribution in [3.8, 4) is 0 Å². The van der Waals surface area contributed by atoms with Crippen LogP contribution in [-0.4, -0.2) is 121 Å². The third-order valence-corrected chi connectivity index (χ3v) is 4.73. The molecular weight excluding hydrogens is 348 g/mol. The van der Waals surface area contributed by atoms with Crippen LogP contribution in [0.5, 0.6) is 0 Å². The van der Waals surface area contributed by atoms with E-state index >= 15 is 0 Å². The summed E-state index contributed by atoms with van der Waals surface area (Å²) in [5.41, 5.74) is -0.210. The molecule has 7 heteroatoms. The highest BCUT2D eigenvalue weighted by Gasteiger charge is 2.38. The number of rotatable bonds is 12. The lowest BCUT2D eigenvalue weighted by Crippen LogP contribution is -2.61. The van der Waals surface area contributed by atoms with Gasteiger partial charge in [0.2, 0.25) is 0 Å². The first kappa shape index (κ1) is 31.4. The third-order valence-electron chi connectivity index (χ3n) is 4.73. The molecule has 0 bridgehead atoms. The minimum Gasteiger partial charge on any atom is -0.393 e. The van der Waals surface area contributed by atoms with Crippen molar-refractivity contribution in [3.05, 3.63) is 0 Å². The van der Waals surface area contributed by atoms with Gasteiger partial charge in [-0.15, -0.1) is 0 Å². The Morgan fingerprint density at radius 2 is 1.22 bits per heavy atom. The fraction of sp³-hybridized carbons (Fsp3) is 1.00. The molecule has 168 valence electrons. The predicted molar refractivity (Wildman–Crippen MR) is 113 cm³/mol. The highest BCUT2D eigenvalue weighted by molar-refractivity contribution is 4.70. The Kier molecular flexibility index (Phi) is 18.2. The largest absolute Gasteiger partial charge is 0.393 e. The number of nitrogens with zero attached hydrogens (tertiary/aromatic N) is 2. The zero-order valence-corrected chi connectivity index (χ0v) is 19.7. The van der Waals surface area contributed by atoms with Crippen LogP contribution in [0.4, 0.5) is 0 Å². The van der Waals surface area contributed by atoms with E-state index in [-0.39, 0.29) is 18.8 Å². The summed E-state index contributed by atoms with van der Waals surface area (Å²) in [5.74, 6) is 0. The molecule has 27 heavy (non-hydrogen) atoms. The van der Waals surface area contributed by atoms with Gasteiger partial charge >= 0.3 is 0 Å². The lowest BCUT2D eigenvalue weighted by molar-refractivity contribution is -0.941. The van der Waals surface area contributed by atoms with Crippen LogP contribution < -0.4 is 0 Å². The van der Waals surface area contributed by atoms with Crippen molar-refractivity contribution < 1.29 is 34.1 Å². The zero-order chi connectivity index (χ0) is 22.3. The number of aliphatic hydroxyl groups excluding tert-OH is 4. The SMILES string of the molecule is CC.CC.CC(C)(COCC[N+](C)(C)CC(O)CO)[N+](C)(C)CC(O)CO. The minimum absolute atomic E-state index is 0.210. The molecule has 0 amide bonds. The van der Waals surface area contributed by atoms with Crippen LogP contribution in [0.1, 0.15) is 41.5 Å². The molecule has 0 aromatic heterocycles. The Morgan fingerprint density at radius 3 is 1.63 bits per heavy atom. The fourth-order valence-electron chi connectivity index (χ4n) is 2.36. The molecule has 0 saturated heterocycles. The molecule has 0 aromatic carbocycles. The normalized spacial score (nSPS) is 14.4. The molecule has 0 fully saturated rings. The summed E-state index contributed by atoms with van der Waals surface area (Å²) in [6.07, 6.45) is -1.45. The van der Waals surface area contributed by atoms with E-state index in [9.17, 15) is 10.2 Å². The zero-order valence-electron chi connectivity index (χ0n) is 19.7. The highest BCUT2D eigenvalue weighted by atomic mass is 16.5. The lowest BCUT2D eigenvalue weighted by Gasteiger charge is -2.45. The first-order valence-corrected chi connectivity index (χ1v) is 10.2. The summed E-state index contributed by atoms with van der Waals surface area (Å²) < 4.78 is 6.94. The molecule has 0 aromatic rings. The first-order chi connectivity index (χ1) is 12.4. The average Bonchev–Trinajstić information content (AvgIpc) is 2.61. The second-order valence-electron chi connectivity index (χ2n) is 8.25. The van der Waals surface area contributed by atoms with E-state index in [1.165, 1.54) is 0 Å². The van der Waals surface area contributed by atoms with E-state index in [1.807, 2.05) is 55.9 Å². The molecule has 0 spiro atoms. The smallest absolute Gasteiger partial charge is 0.126 e. The summed E-state index contributed by atoms with van der Waals surface area (Å²) in [4.78, 5) is 0. The van der Waals surface area contributed by atoms with Crippen LogP contribution in [0.3, 0.4) is 0 Å². The molecule has 2 unspecified atom stereocenters. The van der Waals surface area contributed by atoms with Crippen LogP contribution in [0.2, 0.25) is 0 Å². The first-order valence-electron chi connectivity index (χ1n) is 10.2. The van der Waals surface area contributed by atoms with Gasteiger partial charge in [-0.2, -0.15) is 0 Å². The molecule has 4 N–H and O–H groups in total. The van der Waals surface area contributed by atoms with Gasteiger partial charge in [-0.3, -0.25) is 0 Å². The van der Waals surface area contributed by atoms with Crippen molar-refractivity contribution in [3.63, 3.8) is 0 Å². The van der Waals surface area contributed by atoms with E-state index < -0.39 is 12.2 Å². The molecule has 0 aliphatic heterocycles. The van der Waals surface area contributed by atoms with Crippen LogP contribution in [0.25, 0.3) is 0 Å². The van der Waals surface area contributed by atoms with E-state index in [0.717, 1.165) is 6.54 Å². The van der Waals surface area contributed by atoms with Gasteiger partial charge in [-0.1, -0.05) is 27.7 Å². The summed E-state index contributed by atoms with van der Waals surface area (Å²) in [6.45, 7) is 14.4. The predicted octanol–water partition coefficient (Wildman–Crippen LogP) is 0.693. The molecule has 0 radical (unpaired) electrons. The third kappa shape index (κ3) is 14.4. The number of ether oxygens (including phenoxy) is 1. The van der Waals surface area contributed by atoms with Crippen molar-refractivity contribution in [2.75, 3.05) is 74.3 Å². The van der Waals surface area contributed by atoms with E-state index in [1.54, 1.807) is 0 Å². The standard InChI is InChI=1S/C16H38N2O5.2C2H6/c1-16(2,18(5,6)10-15(22)12-20)13-23-8-7-17(3,4)9-14(21)11-19;2*1-2/h14-15,19-22H,7-13H2,1-6H3;2*1-2H3/q+2;;. The summed E-state index contributed by atoms with van der Waals surface area (Å²) >= 11 is 0. The second kappa shape index (κ2) is 15.6. The monoisotopic (exact) mass is 398 g/mol. The van der Waals surface area contributed by atoms with Crippen LogP contribution in [-0.2, 0) is 4.74 Å². The van der Waals surface area contributed by atoms with E-state index in [4.69, 9.17) is 14.9 Å². The summed E-state index contributed by atoms with van der Waals surface area (Å²) in [6, 6.07) is 0. The van der Waals surface area contributed by atoms with Crippen molar-refractivity contribution in [2.24, 2.45) is 0 Å². The molecule has 0 aliphatic carbocycles. The number of quaternary nitrogens is 2. The van der Waals surface area contributed by atoms with Crippen molar-refractivity contribution in [1.82, 2.24) is 0 Å². The Hall–Kier alpha value is -0.280.